The molecule has 4 aliphatic carbocycles. The number of rotatable bonds is 4. The highest BCUT2D eigenvalue weighted by atomic mass is 35.5. The zero-order valence-corrected chi connectivity index (χ0v) is 18.8. The summed E-state index contributed by atoms with van der Waals surface area (Å²) < 4.78 is 0. The molecule has 0 aliphatic heterocycles. The summed E-state index contributed by atoms with van der Waals surface area (Å²) in [6, 6.07) is 9.17. The summed E-state index contributed by atoms with van der Waals surface area (Å²) in [5, 5.41) is 9.66. The summed E-state index contributed by atoms with van der Waals surface area (Å²) in [4.78, 5) is 12.3. The van der Waals surface area contributed by atoms with Gasteiger partial charge in [-0.25, -0.2) is 0 Å². The number of aliphatic hydroxyl groups is 1. The van der Waals surface area contributed by atoms with Gasteiger partial charge in [0.25, 0.3) is 0 Å². The van der Waals surface area contributed by atoms with Gasteiger partial charge < -0.3 is 5.11 Å². The SMILES string of the molecule is C[C@@]12CCC[C@H]1[C@@H]1CCC3=C(Cl)C(=O)CCC3=C1C(c1ccc(CCCO)cc1)C2. The molecular formula is C27H33ClO2. The number of halogens is 1. The molecule has 0 spiro atoms. The van der Waals surface area contributed by atoms with Gasteiger partial charge in [0.15, 0.2) is 5.78 Å². The summed E-state index contributed by atoms with van der Waals surface area (Å²) in [7, 11) is 0. The molecular weight excluding hydrogens is 392 g/mol. The number of fused-ring (bicyclic) bond motifs is 4. The Kier molecular flexibility index (Phi) is 5.44. The fourth-order valence-electron chi connectivity index (χ4n) is 7.22. The van der Waals surface area contributed by atoms with Gasteiger partial charge in [0.05, 0.1) is 5.03 Å². The Hall–Kier alpha value is -1.38. The first-order chi connectivity index (χ1) is 14.5. The highest BCUT2D eigenvalue weighted by Gasteiger charge is 2.52. The smallest absolute Gasteiger partial charge is 0.174 e. The standard InChI is InChI=1S/C27H33ClO2/c1-27-14-2-5-23(27)21-11-10-20-19(12-13-24(30)26(20)28)25(21)22(16-27)18-8-6-17(7-9-18)4-3-15-29/h6-9,21-23,29H,2-5,10-16H2,1H3/t21-,22?,23-,27-/m0/s1. The fraction of sp³-hybridized carbons (Fsp3) is 0.593. The number of carbonyl (C=O) groups excluding carboxylic acids is 1. The number of Topliss-reactive ketones (excluding diaryl/α,β-unsaturated/α-hetero) is 1. The molecule has 160 valence electrons. The van der Waals surface area contributed by atoms with E-state index >= 15 is 0 Å². The molecule has 1 aromatic rings. The van der Waals surface area contributed by atoms with E-state index in [4.69, 9.17) is 16.7 Å². The van der Waals surface area contributed by atoms with Crippen LogP contribution in [0.3, 0.4) is 0 Å². The Bertz CT molecular complexity index is 909. The van der Waals surface area contributed by atoms with Crippen molar-refractivity contribution in [2.24, 2.45) is 17.3 Å². The first kappa shape index (κ1) is 20.5. The molecule has 0 amide bonds. The fourth-order valence-corrected chi connectivity index (χ4v) is 7.52. The molecule has 0 aromatic heterocycles. The third kappa shape index (κ3) is 3.31. The Morgan fingerprint density at radius 1 is 1.10 bits per heavy atom. The molecule has 5 rings (SSSR count). The predicted molar refractivity (Wildman–Crippen MR) is 122 cm³/mol. The van der Waals surface area contributed by atoms with Gasteiger partial charge in [0, 0.05) is 18.9 Å². The van der Waals surface area contributed by atoms with E-state index in [1.165, 1.54) is 48.0 Å². The molecule has 4 atom stereocenters. The number of aryl methyl sites for hydroxylation is 1. The van der Waals surface area contributed by atoms with Crippen LogP contribution in [0.5, 0.6) is 0 Å². The quantitative estimate of drug-likeness (QED) is 0.601. The van der Waals surface area contributed by atoms with Crippen molar-refractivity contribution in [1.29, 1.82) is 0 Å². The lowest BCUT2D eigenvalue weighted by Crippen LogP contribution is -2.40. The Morgan fingerprint density at radius 2 is 1.90 bits per heavy atom. The van der Waals surface area contributed by atoms with E-state index in [1.54, 1.807) is 5.57 Å². The molecule has 0 heterocycles. The van der Waals surface area contributed by atoms with Gasteiger partial charge in [-0.3, -0.25) is 4.79 Å². The van der Waals surface area contributed by atoms with Gasteiger partial charge in [0.2, 0.25) is 0 Å². The first-order valence-corrected chi connectivity index (χ1v) is 12.2. The molecule has 3 heteroatoms. The first-order valence-electron chi connectivity index (χ1n) is 11.9. The largest absolute Gasteiger partial charge is 0.396 e. The average molecular weight is 425 g/mol. The van der Waals surface area contributed by atoms with Crippen molar-refractivity contribution < 1.29 is 9.90 Å². The van der Waals surface area contributed by atoms with E-state index in [-0.39, 0.29) is 12.4 Å². The predicted octanol–water partition coefficient (Wildman–Crippen LogP) is 6.47. The van der Waals surface area contributed by atoms with Gasteiger partial charge in [-0.1, -0.05) is 54.8 Å². The van der Waals surface area contributed by atoms with Crippen LogP contribution in [-0.4, -0.2) is 17.5 Å². The average Bonchev–Trinajstić information content (AvgIpc) is 3.16. The number of hydrogen-bond acceptors (Lipinski definition) is 2. The molecule has 2 fully saturated rings. The summed E-state index contributed by atoms with van der Waals surface area (Å²) >= 11 is 6.55. The highest BCUT2D eigenvalue weighted by molar-refractivity contribution is 6.43. The van der Waals surface area contributed by atoms with Gasteiger partial charge >= 0.3 is 0 Å². The Balaban J connectivity index is 1.59. The van der Waals surface area contributed by atoms with Crippen LogP contribution >= 0.6 is 11.6 Å². The lowest BCUT2D eigenvalue weighted by molar-refractivity contribution is -0.115. The topological polar surface area (TPSA) is 37.3 Å². The minimum absolute atomic E-state index is 0.140. The maximum Gasteiger partial charge on any atom is 0.174 e. The van der Waals surface area contributed by atoms with Crippen molar-refractivity contribution in [3.8, 4) is 0 Å². The zero-order chi connectivity index (χ0) is 20.9. The maximum absolute atomic E-state index is 12.3. The van der Waals surface area contributed by atoms with Crippen LogP contribution in [0.4, 0.5) is 0 Å². The van der Waals surface area contributed by atoms with E-state index < -0.39 is 0 Å². The molecule has 0 bridgehead atoms. The van der Waals surface area contributed by atoms with Crippen LogP contribution in [0.1, 0.15) is 81.8 Å². The second-order valence-corrected chi connectivity index (χ2v) is 10.7. The van der Waals surface area contributed by atoms with Crippen LogP contribution < -0.4 is 0 Å². The number of carbonyl (C=O) groups is 1. The molecule has 4 aliphatic rings. The third-order valence-corrected chi connectivity index (χ3v) is 9.06. The monoisotopic (exact) mass is 424 g/mol. The summed E-state index contributed by atoms with van der Waals surface area (Å²) in [6.45, 7) is 2.79. The molecule has 0 radical (unpaired) electrons. The van der Waals surface area contributed by atoms with Crippen molar-refractivity contribution in [2.45, 2.75) is 77.0 Å². The highest BCUT2D eigenvalue weighted by Crippen LogP contribution is 2.64. The van der Waals surface area contributed by atoms with Crippen LogP contribution in [0, 0.1) is 17.3 Å². The molecule has 30 heavy (non-hydrogen) atoms. The third-order valence-electron chi connectivity index (χ3n) is 8.62. The van der Waals surface area contributed by atoms with Crippen molar-refractivity contribution in [2.75, 3.05) is 6.61 Å². The number of ketones is 1. The number of benzene rings is 1. The molecule has 1 unspecified atom stereocenters. The Labute approximate surface area is 185 Å². The molecule has 2 nitrogen and oxygen atoms in total. The van der Waals surface area contributed by atoms with E-state index in [0.717, 1.165) is 38.0 Å². The lowest BCUT2D eigenvalue weighted by Gasteiger charge is -2.51. The second kappa shape index (κ2) is 7.95. The van der Waals surface area contributed by atoms with Gasteiger partial charge in [0.1, 0.15) is 0 Å². The van der Waals surface area contributed by atoms with Crippen LogP contribution in [-0.2, 0) is 11.2 Å². The van der Waals surface area contributed by atoms with Crippen LogP contribution in [0.15, 0.2) is 46.0 Å². The number of hydrogen-bond donors (Lipinski definition) is 1. The zero-order valence-electron chi connectivity index (χ0n) is 18.1. The van der Waals surface area contributed by atoms with Crippen molar-refractivity contribution in [3.63, 3.8) is 0 Å². The summed E-state index contributed by atoms with van der Waals surface area (Å²) in [5.41, 5.74) is 7.41. The minimum atomic E-state index is 0.140. The van der Waals surface area contributed by atoms with Crippen molar-refractivity contribution in [1.82, 2.24) is 0 Å². The summed E-state index contributed by atoms with van der Waals surface area (Å²) in [5.74, 6) is 2.03. The number of allylic oxidation sites excluding steroid dienone is 4. The van der Waals surface area contributed by atoms with Crippen molar-refractivity contribution in [3.05, 3.63) is 57.1 Å². The molecule has 2 saturated carbocycles. The number of aliphatic hydroxyl groups excluding tert-OH is 1. The van der Waals surface area contributed by atoms with Gasteiger partial charge in [-0.2, -0.15) is 0 Å². The van der Waals surface area contributed by atoms with Crippen molar-refractivity contribution >= 4 is 17.4 Å². The van der Waals surface area contributed by atoms with E-state index in [2.05, 4.69) is 31.2 Å². The van der Waals surface area contributed by atoms with E-state index in [1.807, 2.05) is 0 Å². The van der Waals surface area contributed by atoms with E-state index in [9.17, 15) is 4.79 Å². The lowest BCUT2D eigenvalue weighted by atomic mass is 9.53. The molecule has 1 N–H and O–H groups in total. The minimum Gasteiger partial charge on any atom is -0.396 e. The normalized spacial score (nSPS) is 33.4. The van der Waals surface area contributed by atoms with Crippen LogP contribution in [0.2, 0.25) is 0 Å². The van der Waals surface area contributed by atoms with Gasteiger partial charge in [-0.15, -0.1) is 0 Å². The summed E-state index contributed by atoms with van der Waals surface area (Å²) in [6.07, 6.45) is 10.6. The van der Waals surface area contributed by atoms with Gasteiger partial charge in [-0.05, 0) is 90.9 Å². The Morgan fingerprint density at radius 3 is 2.67 bits per heavy atom. The maximum atomic E-state index is 12.3. The molecule has 0 saturated heterocycles. The molecule has 1 aromatic carbocycles. The van der Waals surface area contributed by atoms with Crippen LogP contribution in [0.25, 0.3) is 0 Å². The second-order valence-electron chi connectivity index (χ2n) is 10.3. The van der Waals surface area contributed by atoms with E-state index in [0.29, 0.717) is 28.7 Å².